The lowest BCUT2D eigenvalue weighted by Gasteiger charge is -2.08. The molecule has 0 saturated heterocycles. The van der Waals surface area contributed by atoms with E-state index in [1.165, 1.54) is 12.1 Å². The van der Waals surface area contributed by atoms with Crippen LogP contribution < -0.4 is 10.0 Å². The highest BCUT2D eigenvalue weighted by Crippen LogP contribution is 2.19. The molecule has 2 aromatic rings. The van der Waals surface area contributed by atoms with Crippen molar-refractivity contribution in [1.29, 1.82) is 0 Å². The summed E-state index contributed by atoms with van der Waals surface area (Å²) in [5.41, 5.74) is 0.967. The lowest BCUT2D eigenvalue weighted by molar-refractivity contribution is -0.116. The standard InChI is InChI=1S/C15H16ClN3O3S/c1-11-6-8-17-14(10-11)19-15(20)7-9-18-23(21,22)13-5-3-2-4-12(13)16/h2-6,8,10,18H,7,9H2,1H3,(H,17,19,20). The summed E-state index contributed by atoms with van der Waals surface area (Å²) < 4.78 is 26.5. The van der Waals surface area contributed by atoms with E-state index in [0.29, 0.717) is 5.82 Å². The van der Waals surface area contributed by atoms with Crippen molar-refractivity contribution in [2.75, 3.05) is 11.9 Å². The van der Waals surface area contributed by atoms with Crippen LogP contribution >= 0.6 is 11.6 Å². The molecule has 0 aliphatic heterocycles. The fraction of sp³-hybridized carbons (Fsp3) is 0.200. The average Bonchev–Trinajstić information content (AvgIpc) is 2.47. The molecular weight excluding hydrogens is 338 g/mol. The van der Waals surface area contributed by atoms with Gasteiger partial charge in [0.25, 0.3) is 0 Å². The number of aryl methyl sites for hydroxylation is 1. The maximum absolute atomic E-state index is 12.1. The Morgan fingerprint density at radius 2 is 2.00 bits per heavy atom. The average molecular weight is 354 g/mol. The Morgan fingerprint density at radius 3 is 2.70 bits per heavy atom. The van der Waals surface area contributed by atoms with Crippen molar-refractivity contribution < 1.29 is 13.2 Å². The Labute approximate surface area is 139 Å². The van der Waals surface area contributed by atoms with Crippen molar-refractivity contribution in [2.45, 2.75) is 18.2 Å². The molecule has 0 unspecified atom stereocenters. The third kappa shape index (κ3) is 5.02. The van der Waals surface area contributed by atoms with Crippen LogP contribution in [0.2, 0.25) is 5.02 Å². The van der Waals surface area contributed by atoms with Crippen molar-refractivity contribution in [3.05, 3.63) is 53.2 Å². The monoisotopic (exact) mass is 353 g/mol. The van der Waals surface area contributed by atoms with Gasteiger partial charge in [-0.05, 0) is 36.8 Å². The zero-order valence-corrected chi connectivity index (χ0v) is 14.0. The highest BCUT2D eigenvalue weighted by atomic mass is 35.5. The molecule has 0 aliphatic carbocycles. The summed E-state index contributed by atoms with van der Waals surface area (Å²) in [6.45, 7) is 1.85. The number of hydrogen-bond acceptors (Lipinski definition) is 4. The first kappa shape index (κ1) is 17.4. The minimum atomic E-state index is -3.74. The zero-order chi connectivity index (χ0) is 16.9. The van der Waals surface area contributed by atoms with Gasteiger partial charge in [-0.2, -0.15) is 0 Å². The summed E-state index contributed by atoms with van der Waals surface area (Å²) in [4.78, 5) is 15.8. The van der Waals surface area contributed by atoms with Gasteiger partial charge in [0.2, 0.25) is 15.9 Å². The Hall–Kier alpha value is -1.96. The molecule has 8 heteroatoms. The number of rotatable bonds is 6. The molecule has 0 saturated carbocycles. The van der Waals surface area contributed by atoms with Crippen LogP contribution in [-0.4, -0.2) is 25.9 Å². The molecule has 2 rings (SSSR count). The largest absolute Gasteiger partial charge is 0.311 e. The van der Waals surface area contributed by atoms with E-state index in [9.17, 15) is 13.2 Å². The highest BCUT2D eigenvalue weighted by molar-refractivity contribution is 7.89. The van der Waals surface area contributed by atoms with Crippen molar-refractivity contribution in [2.24, 2.45) is 0 Å². The van der Waals surface area contributed by atoms with E-state index >= 15 is 0 Å². The third-order valence-electron chi connectivity index (χ3n) is 2.95. The third-order valence-corrected chi connectivity index (χ3v) is 4.91. The molecule has 0 bridgehead atoms. The van der Waals surface area contributed by atoms with Crippen LogP contribution in [0, 0.1) is 6.92 Å². The number of nitrogens with zero attached hydrogens (tertiary/aromatic N) is 1. The summed E-state index contributed by atoms with van der Waals surface area (Å²) in [5, 5.41) is 2.74. The van der Waals surface area contributed by atoms with Gasteiger partial charge in [0.15, 0.2) is 0 Å². The second-order valence-corrected chi connectivity index (χ2v) is 6.99. The number of pyridine rings is 1. The Kier molecular flexibility index (Phi) is 5.70. The van der Waals surface area contributed by atoms with Crippen LogP contribution in [0.15, 0.2) is 47.5 Å². The van der Waals surface area contributed by atoms with Gasteiger partial charge in [-0.15, -0.1) is 0 Å². The Morgan fingerprint density at radius 1 is 1.26 bits per heavy atom. The fourth-order valence-electron chi connectivity index (χ4n) is 1.85. The Bertz CT molecular complexity index is 809. The van der Waals surface area contributed by atoms with Crippen molar-refractivity contribution >= 4 is 33.3 Å². The molecule has 0 fully saturated rings. The number of aromatic nitrogens is 1. The number of sulfonamides is 1. The lowest BCUT2D eigenvalue weighted by Crippen LogP contribution is -2.28. The van der Waals surface area contributed by atoms with Gasteiger partial charge in [0, 0.05) is 19.2 Å². The van der Waals surface area contributed by atoms with Crippen LogP contribution in [-0.2, 0) is 14.8 Å². The maximum atomic E-state index is 12.1. The number of benzene rings is 1. The first-order valence-corrected chi connectivity index (χ1v) is 8.71. The van der Waals surface area contributed by atoms with Crippen LogP contribution in [0.4, 0.5) is 5.82 Å². The Balaban J connectivity index is 1.89. The van der Waals surface area contributed by atoms with E-state index in [1.807, 2.05) is 13.0 Å². The molecule has 6 nitrogen and oxygen atoms in total. The van der Waals surface area contributed by atoms with Crippen LogP contribution in [0.25, 0.3) is 0 Å². The molecule has 0 aliphatic rings. The number of nitrogens with one attached hydrogen (secondary N) is 2. The molecule has 122 valence electrons. The SMILES string of the molecule is Cc1ccnc(NC(=O)CCNS(=O)(=O)c2ccccc2Cl)c1. The van der Waals surface area contributed by atoms with Gasteiger partial charge in [0.05, 0.1) is 5.02 Å². The number of halogens is 1. The van der Waals surface area contributed by atoms with Gasteiger partial charge in [-0.25, -0.2) is 18.1 Å². The molecule has 1 aromatic heterocycles. The zero-order valence-electron chi connectivity index (χ0n) is 12.4. The molecule has 2 N–H and O–H groups in total. The van der Waals surface area contributed by atoms with E-state index in [4.69, 9.17) is 11.6 Å². The van der Waals surface area contributed by atoms with E-state index < -0.39 is 10.0 Å². The number of carbonyl (C=O) groups excluding carboxylic acids is 1. The predicted molar refractivity (Wildman–Crippen MR) is 88.9 cm³/mol. The molecular formula is C15H16ClN3O3S. The van der Waals surface area contributed by atoms with Crippen LogP contribution in [0.5, 0.6) is 0 Å². The molecule has 1 aromatic carbocycles. The first-order chi connectivity index (χ1) is 10.9. The topological polar surface area (TPSA) is 88.2 Å². The number of anilines is 1. The minimum Gasteiger partial charge on any atom is -0.311 e. The minimum absolute atomic E-state index is 0.0116. The summed E-state index contributed by atoms with van der Waals surface area (Å²) in [5.74, 6) is 0.105. The van der Waals surface area contributed by atoms with E-state index in [1.54, 1.807) is 24.4 Å². The molecule has 0 spiro atoms. The number of hydrogen-bond donors (Lipinski definition) is 2. The summed E-state index contributed by atoms with van der Waals surface area (Å²) in [7, 11) is -3.74. The normalized spacial score (nSPS) is 11.2. The van der Waals surface area contributed by atoms with Gasteiger partial charge in [-0.1, -0.05) is 23.7 Å². The predicted octanol–water partition coefficient (Wildman–Crippen LogP) is 2.35. The quantitative estimate of drug-likeness (QED) is 0.834. The molecule has 0 radical (unpaired) electrons. The van der Waals surface area contributed by atoms with Crippen molar-refractivity contribution in [3.8, 4) is 0 Å². The number of carbonyl (C=O) groups is 1. The van der Waals surface area contributed by atoms with Gasteiger partial charge >= 0.3 is 0 Å². The first-order valence-electron chi connectivity index (χ1n) is 6.85. The van der Waals surface area contributed by atoms with E-state index in [0.717, 1.165) is 5.56 Å². The maximum Gasteiger partial charge on any atom is 0.242 e. The molecule has 1 heterocycles. The van der Waals surface area contributed by atoms with Crippen LogP contribution in [0.1, 0.15) is 12.0 Å². The second-order valence-electron chi connectivity index (χ2n) is 4.84. The van der Waals surface area contributed by atoms with E-state index in [2.05, 4.69) is 15.0 Å². The van der Waals surface area contributed by atoms with Crippen molar-refractivity contribution in [3.63, 3.8) is 0 Å². The fourth-order valence-corrected chi connectivity index (χ4v) is 3.40. The summed E-state index contributed by atoms with van der Waals surface area (Å²) >= 11 is 5.87. The van der Waals surface area contributed by atoms with Crippen molar-refractivity contribution in [1.82, 2.24) is 9.71 Å². The molecule has 0 atom stereocenters. The second kappa shape index (κ2) is 7.54. The number of amides is 1. The molecule has 23 heavy (non-hydrogen) atoms. The van der Waals surface area contributed by atoms with Gasteiger partial charge in [-0.3, -0.25) is 4.79 Å². The van der Waals surface area contributed by atoms with Crippen LogP contribution in [0.3, 0.4) is 0 Å². The summed E-state index contributed by atoms with van der Waals surface area (Å²) in [6, 6.07) is 9.66. The summed E-state index contributed by atoms with van der Waals surface area (Å²) in [6.07, 6.45) is 1.57. The van der Waals surface area contributed by atoms with Gasteiger partial charge in [0.1, 0.15) is 10.7 Å². The highest BCUT2D eigenvalue weighted by Gasteiger charge is 2.17. The molecule has 1 amide bonds. The lowest BCUT2D eigenvalue weighted by atomic mass is 10.3. The smallest absolute Gasteiger partial charge is 0.242 e. The van der Waals surface area contributed by atoms with Gasteiger partial charge < -0.3 is 5.32 Å². The van der Waals surface area contributed by atoms with E-state index in [-0.39, 0.29) is 28.8 Å².